The van der Waals surface area contributed by atoms with Gasteiger partial charge in [-0.1, -0.05) is 0 Å². The summed E-state index contributed by atoms with van der Waals surface area (Å²) in [6.07, 6.45) is 0. The fraction of sp³-hybridized carbons (Fsp3) is 0. The number of benzene rings is 5. The van der Waals surface area contributed by atoms with E-state index in [-0.39, 0.29) is 0 Å². The molecule has 0 unspecified atom stereocenters. The van der Waals surface area contributed by atoms with Crippen LogP contribution in [0.1, 0.15) is 0 Å². The fourth-order valence-corrected chi connectivity index (χ4v) is 9.11. The molecule has 2 aromatic heterocycles. The Bertz CT molecular complexity index is 1600. The average molecular weight is 536 g/mol. The summed E-state index contributed by atoms with van der Waals surface area (Å²) in [6, 6.07) is 40.9. The number of hydrogen-bond acceptors (Lipinski definition) is 0. The summed E-state index contributed by atoms with van der Waals surface area (Å²) in [5.41, 5.74) is 2.75. The molecule has 0 aliphatic carbocycles. The summed E-state index contributed by atoms with van der Waals surface area (Å²) >= 11 is 0.721. The summed E-state index contributed by atoms with van der Waals surface area (Å²) in [6.45, 7) is 0. The van der Waals surface area contributed by atoms with Crippen molar-refractivity contribution in [1.29, 1.82) is 0 Å². The molecule has 5 aromatic carbocycles. The van der Waals surface area contributed by atoms with Crippen LogP contribution in [0.2, 0.25) is 0 Å². The molecule has 0 bridgehead atoms. The standard InChI is InChI=1S/C30H18Se2/c1-3-7-21-13-23(11-9-19(21)5-1)27-15-25-17-30-26(18-29(25)31-27)16-28(32-30)24-12-10-20-6-2-4-8-22(20)14-24/h1-18H. The van der Waals surface area contributed by atoms with Gasteiger partial charge in [-0.25, -0.2) is 0 Å². The molecule has 7 rings (SSSR count). The zero-order valence-corrected chi connectivity index (χ0v) is 20.6. The summed E-state index contributed by atoms with van der Waals surface area (Å²) in [7, 11) is 0. The van der Waals surface area contributed by atoms with Crippen LogP contribution in [0, 0.1) is 0 Å². The van der Waals surface area contributed by atoms with Crippen LogP contribution < -0.4 is 0 Å². The van der Waals surface area contributed by atoms with E-state index in [4.69, 9.17) is 0 Å². The van der Waals surface area contributed by atoms with Gasteiger partial charge < -0.3 is 0 Å². The minimum atomic E-state index is 0.360. The molecule has 0 aliphatic heterocycles. The maximum atomic E-state index is 2.46. The summed E-state index contributed by atoms with van der Waals surface area (Å²) in [5, 5.41) is 8.14. The summed E-state index contributed by atoms with van der Waals surface area (Å²) in [5.74, 6) is 0. The zero-order valence-electron chi connectivity index (χ0n) is 17.2. The van der Waals surface area contributed by atoms with Gasteiger partial charge in [0.1, 0.15) is 0 Å². The Morgan fingerprint density at radius 3 is 1.25 bits per heavy atom. The van der Waals surface area contributed by atoms with Gasteiger partial charge in [-0.05, 0) is 0 Å². The van der Waals surface area contributed by atoms with E-state index in [2.05, 4.69) is 109 Å². The third-order valence-corrected chi connectivity index (χ3v) is 11.0. The van der Waals surface area contributed by atoms with Crippen LogP contribution in [-0.4, -0.2) is 29.0 Å². The van der Waals surface area contributed by atoms with Gasteiger partial charge >= 0.3 is 199 Å². The van der Waals surface area contributed by atoms with Crippen molar-refractivity contribution in [2.24, 2.45) is 0 Å². The molecule has 32 heavy (non-hydrogen) atoms. The van der Waals surface area contributed by atoms with Crippen molar-refractivity contribution in [1.82, 2.24) is 0 Å². The molecule has 0 aliphatic rings. The van der Waals surface area contributed by atoms with Gasteiger partial charge in [0.05, 0.1) is 0 Å². The van der Waals surface area contributed by atoms with Crippen LogP contribution in [0.4, 0.5) is 0 Å². The van der Waals surface area contributed by atoms with Gasteiger partial charge in [0, 0.05) is 0 Å². The van der Waals surface area contributed by atoms with Crippen LogP contribution in [0.25, 0.3) is 60.8 Å². The van der Waals surface area contributed by atoms with Crippen LogP contribution >= 0.6 is 0 Å². The first-order valence-electron chi connectivity index (χ1n) is 10.8. The van der Waals surface area contributed by atoms with E-state index in [9.17, 15) is 0 Å². The zero-order chi connectivity index (χ0) is 21.1. The van der Waals surface area contributed by atoms with Crippen molar-refractivity contribution in [2.45, 2.75) is 0 Å². The molecule has 0 nitrogen and oxygen atoms in total. The first-order valence-corrected chi connectivity index (χ1v) is 14.2. The van der Waals surface area contributed by atoms with E-state index in [1.165, 1.54) is 60.8 Å². The summed E-state index contributed by atoms with van der Waals surface area (Å²) < 4.78 is 6.03. The first-order chi connectivity index (χ1) is 15.8. The van der Waals surface area contributed by atoms with Gasteiger partial charge in [-0.2, -0.15) is 0 Å². The second kappa shape index (κ2) is 7.34. The molecule has 0 spiro atoms. The molecule has 7 aromatic rings. The Balaban J connectivity index is 1.32. The van der Waals surface area contributed by atoms with Gasteiger partial charge in [-0.3, -0.25) is 0 Å². The Morgan fingerprint density at radius 2 is 0.781 bits per heavy atom. The number of fused-ring (bicyclic) bond motifs is 4. The van der Waals surface area contributed by atoms with Gasteiger partial charge in [0.2, 0.25) is 0 Å². The van der Waals surface area contributed by atoms with E-state index in [1.807, 2.05) is 0 Å². The second-order valence-electron chi connectivity index (χ2n) is 8.27. The van der Waals surface area contributed by atoms with E-state index < -0.39 is 0 Å². The topological polar surface area (TPSA) is 0 Å². The van der Waals surface area contributed by atoms with Crippen LogP contribution in [0.5, 0.6) is 0 Å². The predicted octanol–water partition coefficient (Wildman–Crippen LogP) is 7.75. The molecule has 0 saturated heterocycles. The molecule has 2 heteroatoms. The monoisotopic (exact) mass is 538 g/mol. The molecular weight excluding hydrogens is 518 g/mol. The number of rotatable bonds is 2. The predicted molar refractivity (Wildman–Crippen MR) is 141 cm³/mol. The Kier molecular flexibility index (Phi) is 4.29. The quantitative estimate of drug-likeness (QED) is 0.198. The first kappa shape index (κ1) is 18.7. The molecular formula is C30H18Se2. The number of hydrogen-bond donors (Lipinski definition) is 0. The van der Waals surface area contributed by atoms with Gasteiger partial charge in [0.25, 0.3) is 0 Å². The van der Waals surface area contributed by atoms with Crippen molar-refractivity contribution in [3.63, 3.8) is 0 Å². The Hall–Kier alpha value is -2.86. The minimum absolute atomic E-state index is 0.360. The van der Waals surface area contributed by atoms with Crippen molar-refractivity contribution in [2.75, 3.05) is 0 Å². The third-order valence-electron chi connectivity index (χ3n) is 6.22. The van der Waals surface area contributed by atoms with E-state index in [1.54, 1.807) is 0 Å². The van der Waals surface area contributed by atoms with Crippen LogP contribution in [0.3, 0.4) is 0 Å². The fourth-order valence-electron chi connectivity index (χ4n) is 4.54. The third kappa shape index (κ3) is 3.12. The Labute approximate surface area is 198 Å². The molecule has 0 N–H and O–H groups in total. The average Bonchev–Trinajstić information content (AvgIpc) is 3.45. The van der Waals surface area contributed by atoms with E-state index in [0.717, 1.165) is 0 Å². The molecule has 0 fully saturated rings. The van der Waals surface area contributed by atoms with E-state index in [0.29, 0.717) is 29.0 Å². The SMILES string of the molecule is c1ccc2cc(-c3cc4cc5[se]c(-c6ccc7ccccc7c6)cc5cc4[se]3)ccc2c1. The van der Waals surface area contributed by atoms with Crippen LogP contribution in [-0.2, 0) is 0 Å². The van der Waals surface area contributed by atoms with Crippen molar-refractivity contribution in [3.05, 3.63) is 109 Å². The molecule has 0 amide bonds. The van der Waals surface area contributed by atoms with Crippen molar-refractivity contribution in [3.8, 4) is 20.0 Å². The van der Waals surface area contributed by atoms with E-state index >= 15 is 0 Å². The van der Waals surface area contributed by atoms with Crippen molar-refractivity contribution >= 4 is 69.8 Å². The second-order valence-corrected chi connectivity index (χ2v) is 12.8. The molecule has 150 valence electrons. The Morgan fingerprint density at radius 1 is 0.344 bits per heavy atom. The maximum absolute atomic E-state index is 2.46. The molecule has 0 radical (unpaired) electrons. The van der Waals surface area contributed by atoms with Crippen molar-refractivity contribution < 1.29 is 0 Å². The van der Waals surface area contributed by atoms with Crippen LogP contribution in [0.15, 0.2) is 109 Å². The van der Waals surface area contributed by atoms with Gasteiger partial charge in [-0.15, -0.1) is 0 Å². The van der Waals surface area contributed by atoms with Gasteiger partial charge in [0.15, 0.2) is 0 Å². The molecule has 0 saturated carbocycles. The summed E-state index contributed by atoms with van der Waals surface area (Å²) in [4.78, 5) is 0. The normalized spacial score (nSPS) is 11.8. The molecule has 2 heterocycles. The molecule has 0 atom stereocenters.